The average Bonchev–Trinajstić information content (AvgIpc) is 3.42. The molecule has 1 saturated heterocycles. The second-order valence-electron chi connectivity index (χ2n) is 6.68. The van der Waals surface area contributed by atoms with Crippen LogP contribution < -0.4 is 10.2 Å². The van der Waals surface area contributed by atoms with Crippen LogP contribution in [0, 0.1) is 18.7 Å². The van der Waals surface area contributed by atoms with E-state index >= 15 is 0 Å². The van der Waals surface area contributed by atoms with Crippen molar-refractivity contribution in [3.63, 3.8) is 0 Å². The Morgan fingerprint density at radius 1 is 1.43 bits per heavy atom. The highest BCUT2D eigenvalue weighted by Crippen LogP contribution is 2.27. The molecule has 0 aliphatic carbocycles. The van der Waals surface area contributed by atoms with E-state index in [2.05, 4.69) is 10.3 Å². The Morgan fingerprint density at radius 2 is 2.29 bits per heavy atom. The third-order valence-corrected chi connectivity index (χ3v) is 5.55. The first-order valence-electron chi connectivity index (χ1n) is 8.84. The Labute approximate surface area is 165 Å². The standard InChI is InChI=1S/C20H18FN3O3S/c1-12-4-5-15(8-16(12)21)24-10-13(7-18(24)25)19(26)22-9-14-11-27-20(23-14)17-3-2-6-28-17/h2-6,8,11,13H,7,9-10H2,1H3,(H,22,26)/t13-/m1/s1. The number of halogens is 1. The van der Waals surface area contributed by atoms with Crippen LogP contribution in [-0.4, -0.2) is 23.3 Å². The van der Waals surface area contributed by atoms with Gasteiger partial charge in [0.25, 0.3) is 0 Å². The minimum absolute atomic E-state index is 0.0978. The van der Waals surface area contributed by atoms with Crippen LogP contribution in [0.2, 0.25) is 0 Å². The number of thiophene rings is 1. The number of amides is 2. The summed E-state index contributed by atoms with van der Waals surface area (Å²) in [6.07, 6.45) is 1.61. The van der Waals surface area contributed by atoms with Gasteiger partial charge < -0.3 is 14.6 Å². The number of hydrogen-bond donors (Lipinski definition) is 1. The predicted octanol–water partition coefficient (Wildman–Crippen LogP) is 3.52. The van der Waals surface area contributed by atoms with Gasteiger partial charge in [0.2, 0.25) is 17.7 Å². The fourth-order valence-corrected chi connectivity index (χ4v) is 3.76. The van der Waals surface area contributed by atoms with Crippen molar-refractivity contribution in [3.8, 4) is 10.8 Å². The van der Waals surface area contributed by atoms with E-state index in [1.54, 1.807) is 19.1 Å². The molecule has 0 unspecified atom stereocenters. The maximum atomic E-state index is 13.8. The van der Waals surface area contributed by atoms with Crippen LogP contribution in [0.3, 0.4) is 0 Å². The van der Waals surface area contributed by atoms with Crippen molar-refractivity contribution in [2.45, 2.75) is 19.9 Å². The summed E-state index contributed by atoms with van der Waals surface area (Å²) in [7, 11) is 0. The zero-order chi connectivity index (χ0) is 19.7. The number of aromatic nitrogens is 1. The summed E-state index contributed by atoms with van der Waals surface area (Å²) in [4.78, 5) is 31.5. The quantitative estimate of drug-likeness (QED) is 0.712. The molecule has 4 rings (SSSR count). The molecule has 1 fully saturated rings. The molecule has 0 saturated carbocycles. The van der Waals surface area contributed by atoms with Crippen LogP contribution in [0.25, 0.3) is 10.8 Å². The maximum Gasteiger partial charge on any atom is 0.236 e. The molecule has 28 heavy (non-hydrogen) atoms. The monoisotopic (exact) mass is 399 g/mol. The van der Waals surface area contributed by atoms with E-state index in [9.17, 15) is 14.0 Å². The Balaban J connectivity index is 1.36. The molecule has 3 heterocycles. The zero-order valence-corrected chi connectivity index (χ0v) is 16.0. The van der Waals surface area contributed by atoms with Crippen molar-refractivity contribution in [1.29, 1.82) is 0 Å². The number of hydrogen-bond acceptors (Lipinski definition) is 5. The Morgan fingerprint density at radius 3 is 3.04 bits per heavy atom. The van der Waals surface area contributed by atoms with Crippen molar-refractivity contribution in [2.75, 3.05) is 11.4 Å². The first-order chi connectivity index (χ1) is 13.5. The molecule has 144 valence electrons. The van der Waals surface area contributed by atoms with Crippen LogP contribution in [0.4, 0.5) is 10.1 Å². The third kappa shape index (κ3) is 3.68. The van der Waals surface area contributed by atoms with Crippen molar-refractivity contribution < 1.29 is 18.4 Å². The lowest BCUT2D eigenvalue weighted by Crippen LogP contribution is -2.32. The van der Waals surface area contributed by atoms with E-state index in [0.29, 0.717) is 22.8 Å². The highest BCUT2D eigenvalue weighted by atomic mass is 32.1. The SMILES string of the molecule is Cc1ccc(N2C[C@H](C(=O)NCc3coc(-c4cccs4)n3)CC2=O)cc1F. The number of carbonyl (C=O) groups excluding carboxylic acids is 2. The molecule has 1 aliphatic rings. The van der Waals surface area contributed by atoms with Crippen LogP contribution in [0.15, 0.2) is 46.4 Å². The van der Waals surface area contributed by atoms with Gasteiger partial charge in [-0.25, -0.2) is 9.37 Å². The number of nitrogens with zero attached hydrogens (tertiary/aromatic N) is 2. The van der Waals surface area contributed by atoms with Crippen molar-refractivity contribution in [2.24, 2.45) is 5.92 Å². The lowest BCUT2D eigenvalue weighted by Gasteiger charge is -2.17. The number of rotatable bonds is 5. The van der Waals surface area contributed by atoms with Gasteiger partial charge in [-0.3, -0.25) is 9.59 Å². The van der Waals surface area contributed by atoms with E-state index in [1.165, 1.54) is 28.6 Å². The normalized spacial score (nSPS) is 16.6. The van der Waals surface area contributed by atoms with Gasteiger partial charge in [-0.1, -0.05) is 12.1 Å². The van der Waals surface area contributed by atoms with Gasteiger partial charge in [-0.2, -0.15) is 0 Å². The molecule has 6 nitrogen and oxygen atoms in total. The lowest BCUT2D eigenvalue weighted by molar-refractivity contribution is -0.126. The molecule has 2 amide bonds. The fraction of sp³-hybridized carbons (Fsp3) is 0.250. The number of aryl methyl sites for hydroxylation is 1. The van der Waals surface area contributed by atoms with Gasteiger partial charge in [0, 0.05) is 18.7 Å². The minimum atomic E-state index is -0.486. The predicted molar refractivity (Wildman–Crippen MR) is 103 cm³/mol. The zero-order valence-electron chi connectivity index (χ0n) is 15.1. The molecule has 2 aromatic heterocycles. The van der Waals surface area contributed by atoms with Gasteiger partial charge in [0.15, 0.2) is 0 Å². The molecule has 8 heteroatoms. The topological polar surface area (TPSA) is 75.4 Å². The summed E-state index contributed by atoms with van der Waals surface area (Å²) in [5, 5.41) is 4.74. The number of oxazole rings is 1. The molecule has 0 bridgehead atoms. The van der Waals surface area contributed by atoms with Crippen molar-refractivity contribution >= 4 is 28.8 Å². The maximum absolute atomic E-state index is 13.8. The van der Waals surface area contributed by atoms with E-state index in [4.69, 9.17) is 4.42 Å². The Kier molecular flexibility index (Phi) is 4.95. The van der Waals surface area contributed by atoms with E-state index in [1.807, 2.05) is 17.5 Å². The first kappa shape index (κ1) is 18.4. The van der Waals surface area contributed by atoms with Gasteiger partial charge in [0.05, 0.1) is 23.0 Å². The smallest absolute Gasteiger partial charge is 0.236 e. The summed E-state index contributed by atoms with van der Waals surface area (Å²) >= 11 is 1.52. The third-order valence-electron chi connectivity index (χ3n) is 4.69. The van der Waals surface area contributed by atoms with E-state index in [0.717, 1.165) is 4.88 Å². The van der Waals surface area contributed by atoms with Gasteiger partial charge in [0.1, 0.15) is 12.1 Å². The second-order valence-corrected chi connectivity index (χ2v) is 7.63. The minimum Gasteiger partial charge on any atom is -0.443 e. The number of benzene rings is 1. The van der Waals surface area contributed by atoms with Crippen LogP contribution in [0.1, 0.15) is 17.7 Å². The fourth-order valence-electron chi connectivity index (χ4n) is 3.11. The summed E-state index contributed by atoms with van der Waals surface area (Å²) in [5.41, 5.74) is 1.60. The molecular formula is C20H18FN3O3S. The molecule has 0 radical (unpaired) electrons. The number of nitrogens with one attached hydrogen (secondary N) is 1. The van der Waals surface area contributed by atoms with E-state index in [-0.39, 0.29) is 37.1 Å². The molecule has 3 aromatic rings. The second kappa shape index (κ2) is 7.55. The molecule has 1 N–H and O–H groups in total. The van der Waals surface area contributed by atoms with Crippen molar-refractivity contribution in [1.82, 2.24) is 10.3 Å². The lowest BCUT2D eigenvalue weighted by atomic mass is 10.1. The molecule has 1 aliphatic heterocycles. The summed E-state index contributed by atoms with van der Waals surface area (Å²) in [5.74, 6) is -0.761. The van der Waals surface area contributed by atoms with Gasteiger partial charge in [-0.15, -0.1) is 11.3 Å². The van der Waals surface area contributed by atoms with Crippen LogP contribution in [-0.2, 0) is 16.1 Å². The van der Waals surface area contributed by atoms with Gasteiger partial charge in [-0.05, 0) is 36.1 Å². The Hall–Kier alpha value is -3.00. The average molecular weight is 399 g/mol. The molecule has 1 atom stereocenters. The highest BCUT2D eigenvalue weighted by Gasteiger charge is 2.35. The largest absolute Gasteiger partial charge is 0.443 e. The summed E-state index contributed by atoms with van der Waals surface area (Å²) in [6.45, 7) is 2.11. The van der Waals surface area contributed by atoms with Crippen molar-refractivity contribution in [3.05, 3.63) is 59.0 Å². The summed E-state index contributed by atoms with van der Waals surface area (Å²) < 4.78 is 19.2. The van der Waals surface area contributed by atoms with Crippen LogP contribution >= 0.6 is 11.3 Å². The Bertz CT molecular complexity index is 1020. The molecule has 0 spiro atoms. The van der Waals surface area contributed by atoms with Crippen LogP contribution in [0.5, 0.6) is 0 Å². The highest BCUT2D eigenvalue weighted by molar-refractivity contribution is 7.13. The molecular weight excluding hydrogens is 381 g/mol. The van der Waals surface area contributed by atoms with Gasteiger partial charge >= 0.3 is 0 Å². The summed E-state index contributed by atoms with van der Waals surface area (Å²) in [6, 6.07) is 8.47. The number of anilines is 1. The van der Waals surface area contributed by atoms with E-state index < -0.39 is 5.92 Å². The number of carbonyl (C=O) groups is 2. The molecule has 1 aromatic carbocycles. The first-order valence-corrected chi connectivity index (χ1v) is 9.72.